The molecule has 34 heavy (non-hydrogen) atoms. The summed E-state index contributed by atoms with van der Waals surface area (Å²) < 4.78 is 4.27. The maximum atomic E-state index is 5.06. The lowest BCUT2D eigenvalue weighted by atomic mass is 10.0. The minimum atomic E-state index is -0.162. The van der Waals surface area contributed by atoms with Gasteiger partial charge in [-0.1, -0.05) is 72.8 Å². The van der Waals surface area contributed by atoms with Crippen molar-refractivity contribution in [1.29, 1.82) is 0 Å². The summed E-state index contributed by atoms with van der Waals surface area (Å²) >= 11 is 0. The van der Waals surface area contributed by atoms with Crippen LogP contribution in [0.4, 0.5) is 5.69 Å². The Hall–Kier alpha value is -4.64. The lowest BCUT2D eigenvalue weighted by Crippen LogP contribution is -2.25. The van der Waals surface area contributed by atoms with Gasteiger partial charge in [-0.25, -0.2) is 9.67 Å². The van der Waals surface area contributed by atoms with Crippen molar-refractivity contribution in [1.82, 2.24) is 19.3 Å². The van der Waals surface area contributed by atoms with E-state index in [1.165, 1.54) is 0 Å². The predicted octanol–water partition coefficient (Wildman–Crippen LogP) is 6.53. The summed E-state index contributed by atoms with van der Waals surface area (Å²) in [5.74, 6) is 0.965. The van der Waals surface area contributed by atoms with Crippen molar-refractivity contribution < 1.29 is 0 Å². The topological polar surface area (TPSA) is 47.7 Å². The zero-order valence-electron chi connectivity index (χ0n) is 18.3. The SMILES string of the molecule is c1ccc(-c2nn(-c3ccccc3)cc2C2Nc3ccccc3-c3nc4ccccc4n32)cc1. The number of aromatic nitrogens is 4. The molecule has 0 aliphatic carbocycles. The number of anilines is 1. The molecule has 162 valence electrons. The van der Waals surface area contributed by atoms with Gasteiger partial charge >= 0.3 is 0 Å². The number of para-hydroxylation sites is 4. The Bertz CT molecular complexity index is 1630. The van der Waals surface area contributed by atoms with Crippen LogP contribution in [-0.2, 0) is 0 Å². The molecule has 1 unspecified atom stereocenters. The van der Waals surface area contributed by atoms with Gasteiger partial charge in [0.1, 0.15) is 12.0 Å². The number of rotatable bonds is 3. The number of fused-ring (bicyclic) bond motifs is 5. The van der Waals surface area contributed by atoms with E-state index in [1.807, 2.05) is 35.0 Å². The first-order valence-corrected chi connectivity index (χ1v) is 11.4. The number of nitrogens with one attached hydrogen (secondary N) is 1. The van der Waals surface area contributed by atoms with Crippen LogP contribution in [0.15, 0.2) is 115 Å². The molecule has 0 spiro atoms. The number of benzene rings is 4. The summed E-state index contributed by atoms with van der Waals surface area (Å²) in [6.45, 7) is 0. The molecule has 5 nitrogen and oxygen atoms in total. The molecule has 1 N–H and O–H groups in total. The van der Waals surface area contributed by atoms with Crippen molar-refractivity contribution in [3.63, 3.8) is 0 Å². The van der Waals surface area contributed by atoms with E-state index in [1.54, 1.807) is 0 Å². The van der Waals surface area contributed by atoms with Crippen LogP contribution in [0.1, 0.15) is 11.7 Å². The summed E-state index contributed by atoms with van der Waals surface area (Å²) in [5.41, 5.74) is 8.40. The van der Waals surface area contributed by atoms with Crippen LogP contribution >= 0.6 is 0 Å². The standard InChI is InChI=1S/C29H21N5/c1-3-11-20(12-4-1)27-23(19-33(32-27)21-13-5-2-6-14-21)29-30-24-16-8-7-15-22(24)28-31-25-17-9-10-18-26(25)34(28)29/h1-19,29-30H. The zero-order chi connectivity index (χ0) is 22.5. The fourth-order valence-electron chi connectivity index (χ4n) is 4.85. The second kappa shape index (κ2) is 7.46. The summed E-state index contributed by atoms with van der Waals surface area (Å²) in [5, 5.41) is 8.85. The van der Waals surface area contributed by atoms with E-state index in [0.29, 0.717) is 0 Å². The highest BCUT2D eigenvalue weighted by Crippen LogP contribution is 2.42. The number of hydrogen-bond acceptors (Lipinski definition) is 3. The first-order valence-electron chi connectivity index (χ1n) is 11.4. The van der Waals surface area contributed by atoms with E-state index in [-0.39, 0.29) is 6.17 Å². The van der Waals surface area contributed by atoms with Crippen molar-refractivity contribution >= 4 is 16.7 Å². The van der Waals surface area contributed by atoms with Crippen molar-refractivity contribution in [2.45, 2.75) is 6.17 Å². The molecule has 3 heterocycles. The van der Waals surface area contributed by atoms with Gasteiger partial charge in [0.25, 0.3) is 0 Å². The van der Waals surface area contributed by atoms with Crippen molar-refractivity contribution in [3.8, 4) is 28.3 Å². The fraction of sp³-hybridized carbons (Fsp3) is 0.0345. The molecule has 0 bridgehead atoms. The number of hydrogen-bond donors (Lipinski definition) is 1. The van der Waals surface area contributed by atoms with E-state index >= 15 is 0 Å². The smallest absolute Gasteiger partial charge is 0.145 e. The van der Waals surface area contributed by atoms with Gasteiger partial charge in [-0.05, 0) is 36.4 Å². The molecule has 7 rings (SSSR count). The highest BCUT2D eigenvalue weighted by Gasteiger charge is 2.31. The van der Waals surface area contributed by atoms with Gasteiger partial charge in [0.2, 0.25) is 0 Å². The fourth-order valence-corrected chi connectivity index (χ4v) is 4.85. The second-order valence-corrected chi connectivity index (χ2v) is 8.47. The maximum absolute atomic E-state index is 5.06. The Morgan fingerprint density at radius 3 is 2.26 bits per heavy atom. The molecule has 0 fully saturated rings. The Morgan fingerprint density at radius 2 is 1.41 bits per heavy atom. The van der Waals surface area contributed by atoms with Crippen LogP contribution < -0.4 is 5.32 Å². The Labute approximate surface area is 196 Å². The molecule has 1 atom stereocenters. The third-order valence-corrected chi connectivity index (χ3v) is 6.42. The minimum Gasteiger partial charge on any atom is -0.360 e. The molecule has 5 heteroatoms. The highest BCUT2D eigenvalue weighted by molar-refractivity contribution is 5.87. The molecule has 1 aliphatic rings. The third-order valence-electron chi connectivity index (χ3n) is 6.42. The molecule has 2 aromatic heterocycles. The van der Waals surface area contributed by atoms with Crippen molar-refractivity contribution in [3.05, 3.63) is 121 Å². The van der Waals surface area contributed by atoms with Gasteiger partial charge in [-0.2, -0.15) is 5.10 Å². The monoisotopic (exact) mass is 439 g/mol. The lowest BCUT2D eigenvalue weighted by Gasteiger charge is -2.30. The third kappa shape index (κ3) is 2.87. The first kappa shape index (κ1) is 18.9. The highest BCUT2D eigenvalue weighted by atomic mass is 15.3. The van der Waals surface area contributed by atoms with E-state index in [2.05, 4.69) is 94.9 Å². The molecule has 0 amide bonds. The Balaban J connectivity index is 1.51. The zero-order valence-corrected chi connectivity index (χ0v) is 18.3. The van der Waals surface area contributed by atoms with Crippen molar-refractivity contribution in [2.24, 2.45) is 0 Å². The van der Waals surface area contributed by atoms with Gasteiger partial charge < -0.3 is 5.32 Å². The summed E-state index contributed by atoms with van der Waals surface area (Å²) in [6.07, 6.45) is 1.98. The Kier molecular flexibility index (Phi) is 4.14. The van der Waals surface area contributed by atoms with Crippen LogP contribution in [0, 0.1) is 0 Å². The second-order valence-electron chi connectivity index (χ2n) is 8.47. The van der Waals surface area contributed by atoms with E-state index in [0.717, 1.165) is 50.6 Å². The largest absolute Gasteiger partial charge is 0.360 e. The van der Waals surface area contributed by atoms with Gasteiger partial charge in [-0.3, -0.25) is 4.57 Å². The maximum Gasteiger partial charge on any atom is 0.145 e. The average molecular weight is 440 g/mol. The lowest BCUT2D eigenvalue weighted by molar-refractivity contribution is 0.670. The van der Waals surface area contributed by atoms with Crippen LogP contribution in [0.2, 0.25) is 0 Å². The van der Waals surface area contributed by atoms with Crippen LogP contribution in [0.5, 0.6) is 0 Å². The van der Waals surface area contributed by atoms with Gasteiger partial charge in [0.15, 0.2) is 0 Å². The molecule has 4 aromatic carbocycles. The van der Waals surface area contributed by atoms with E-state index < -0.39 is 0 Å². The summed E-state index contributed by atoms with van der Waals surface area (Å²) in [6, 6.07) is 37.3. The number of imidazole rings is 1. The average Bonchev–Trinajstić information content (AvgIpc) is 3.52. The van der Waals surface area contributed by atoms with Crippen molar-refractivity contribution in [2.75, 3.05) is 5.32 Å². The van der Waals surface area contributed by atoms with Gasteiger partial charge in [-0.15, -0.1) is 0 Å². The number of nitrogens with zero attached hydrogens (tertiary/aromatic N) is 4. The van der Waals surface area contributed by atoms with Gasteiger partial charge in [0.05, 0.1) is 22.4 Å². The molecular formula is C29H21N5. The molecule has 1 aliphatic heterocycles. The predicted molar refractivity (Wildman–Crippen MR) is 136 cm³/mol. The molecule has 0 radical (unpaired) electrons. The van der Waals surface area contributed by atoms with Gasteiger partial charge in [0, 0.05) is 28.6 Å². The minimum absolute atomic E-state index is 0.162. The first-order chi connectivity index (χ1) is 16.9. The Morgan fingerprint density at radius 1 is 0.706 bits per heavy atom. The molecular weight excluding hydrogens is 418 g/mol. The molecule has 6 aromatic rings. The van der Waals surface area contributed by atoms with Crippen LogP contribution in [-0.4, -0.2) is 19.3 Å². The molecule has 0 saturated carbocycles. The molecule has 0 saturated heterocycles. The van der Waals surface area contributed by atoms with Crippen LogP contribution in [0.25, 0.3) is 39.4 Å². The summed E-state index contributed by atoms with van der Waals surface area (Å²) in [7, 11) is 0. The quantitative estimate of drug-likeness (QED) is 0.341. The van der Waals surface area contributed by atoms with E-state index in [4.69, 9.17) is 10.1 Å². The summed E-state index contributed by atoms with van der Waals surface area (Å²) in [4.78, 5) is 5.03. The normalized spacial score (nSPS) is 14.4. The van der Waals surface area contributed by atoms with E-state index in [9.17, 15) is 0 Å². The van der Waals surface area contributed by atoms with Crippen LogP contribution in [0.3, 0.4) is 0 Å².